The van der Waals surface area contributed by atoms with E-state index in [0.717, 1.165) is 23.9 Å². The quantitative estimate of drug-likeness (QED) is 0.517. The molecule has 1 heterocycles. The Bertz CT molecular complexity index is 822. The van der Waals surface area contributed by atoms with Gasteiger partial charge in [0.2, 0.25) is 0 Å². The van der Waals surface area contributed by atoms with Gasteiger partial charge in [-0.15, -0.1) is 0 Å². The summed E-state index contributed by atoms with van der Waals surface area (Å²) in [5, 5.41) is 3.75. The van der Waals surface area contributed by atoms with Crippen molar-refractivity contribution in [2.24, 2.45) is 11.1 Å². The number of hydrogen-bond donors (Lipinski definition) is 0. The molecule has 0 bridgehead atoms. The molecule has 0 spiro atoms. The van der Waals surface area contributed by atoms with Crippen molar-refractivity contribution in [2.75, 3.05) is 7.11 Å². The Hall–Kier alpha value is -2.28. The van der Waals surface area contributed by atoms with Crippen LogP contribution in [0.5, 0.6) is 11.6 Å². The lowest BCUT2D eigenvalue weighted by atomic mass is 10.1. The molecule has 2 aromatic rings. The summed E-state index contributed by atoms with van der Waals surface area (Å²) >= 11 is 5.80. The second-order valence-electron chi connectivity index (χ2n) is 6.05. The molecule has 0 amide bonds. The van der Waals surface area contributed by atoms with Gasteiger partial charge in [0.05, 0.1) is 18.4 Å². The Labute approximate surface area is 153 Å². The van der Waals surface area contributed by atoms with Crippen molar-refractivity contribution in [1.82, 2.24) is 4.98 Å². The smallest absolute Gasteiger partial charge is 0.417 e. The molecule has 0 saturated heterocycles. The Kier molecular flexibility index (Phi) is 5.09. The standard InChI is InChI=1S/C18H16ClF3N2O2/c1-10(14-8-15(14)11-3-5-13(25-2)6-4-11)24-26-17-16(19)7-12(9-23-17)18(20,21)22/h3-7,9,14-15H,8H2,1-2H3/t14-,15-/m0/s1. The van der Waals surface area contributed by atoms with Gasteiger partial charge in [-0.2, -0.15) is 13.2 Å². The third-order valence-corrected chi connectivity index (χ3v) is 4.55. The first-order valence-electron chi connectivity index (χ1n) is 7.87. The summed E-state index contributed by atoms with van der Waals surface area (Å²) in [4.78, 5) is 8.74. The fourth-order valence-electron chi connectivity index (χ4n) is 2.71. The highest BCUT2D eigenvalue weighted by molar-refractivity contribution is 6.31. The molecule has 1 aromatic carbocycles. The van der Waals surface area contributed by atoms with Crippen LogP contribution in [-0.2, 0) is 6.18 Å². The third kappa shape index (κ3) is 4.09. The normalized spacial score (nSPS) is 20.0. The van der Waals surface area contributed by atoms with Crippen LogP contribution in [0.2, 0.25) is 5.02 Å². The van der Waals surface area contributed by atoms with Crippen molar-refractivity contribution in [3.8, 4) is 11.6 Å². The lowest BCUT2D eigenvalue weighted by molar-refractivity contribution is -0.137. The molecule has 0 N–H and O–H groups in total. The number of benzene rings is 1. The van der Waals surface area contributed by atoms with Crippen LogP contribution in [0.4, 0.5) is 13.2 Å². The Morgan fingerprint density at radius 2 is 1.96 bits per heavy atom. The van der Waals surface area contributed by atoms with Crippen LogP contribution in [0.3, 0.4) is 0 Å². The van der Waals surface area contributed by atoms with E-state index in [1.54, 1.807) is 7.11 Å². The van der Waals surface area contributed by atoms with Gasteiger partial charge in [-0.3, -0.25) is 0 Å². The fraction of sp³-hybridized carbons (Fsp3) is 0.333. The minimum absolute atomic E-state index is 0.152. The zero-order valence-electron chi connectivity index (χ0n) is 14.0. The number of hydrogen-bond acceptors (Lipinski definition) is 4. The first-order valence-corrected chi connectivity index (χ1v) is 8.25. The van der Waals surface area contributed by atoms with Crippen LogP contribution in [0, 0.1) is 5.92 Å². The monoisotopic (exact) mass is 384 g/mol. The number of alkyl halides is 3. The highest BCUT2D eigenvalue weighted by atomic mass is 35.5. The average Bonchev–Trinajstić information content (AvgIpc) is 3.40. The molecule has 0 radical (unpaired) electrons. The average molecular weight is 385 g/mol. The molecule has 1 aliphatic carbocycles. The van der Waals surface area contributed by atoms with E-state index in [2.05, 4.69) is 10.1 Å². The molecular formula is C18H16ClF3N2O2. The molecule has 4 nitrogen and oxygen atoms in total. The summed E-state index contributed by atoms with van der Waals surface area (Å²) in [7, 11) is 1.61. The maximum atomic E-state index is 12.6. The van der Waals surface area contributed by atoms with Gasteiger partial charge in [-0.1, -0.05) is 28.9 Å². The Morgan fingerprint density at radius 1 is 1.27 bits per heavy atom. The number of methoxy groups -OCH3 is 1. The number of ether oxygens (including phenoxy) is 1. The molecule has 0 aliphatic heterocycles. The van der Waals surface area contributed by atoms with Crippen LogP contribution >= 0.6 is 11.6 Å². The number of pyridine rings is 1. The molecule has 2 atom stereocenters. The van der Waals surface area contributed by atoms with Gasteiger partial charge in [0.25, 0.3) is 5.88 Å². The lowest BCUT2D eigenvalue weighted by Gasteiger charge is -2.08. The predicted molar refractivity (Wildman–Crippen MR) is 91.8 cm³/mol. The second kappa shape index (κ2) is 7.15. The number of nitrogens with zero attached hydrogens (tertiary/aromatic N) is 2. The number of oxime groups is 1. The summed E-state index contributed by atoms with van der Waals surface area (Å²) in [6.45, 7) is 1.81. The first kappa shape index (κ1) is 18.5. The van der Waals surface area contributed by atoms with Gasteiger partial charge in [-0.05, 0) is 43.0 Å². The minimum Gasteiger partial charge on any atom is -0.497 e. The van der Waals surface area contributed by atoms with Crippen LogP contribution in [0.15, 0.2) is 41.7 Å². The van der Waals surface area contributed by atoms with E-state index in [9.17, 15) is 13.2 Å². The zero-order valence-corrected chi connectivity index (χ0v) is 14.8. The van der Waals surface area contributed by atoms with Gasteiger partial charge in [0, 0.05) is 12.1 Å². The van der Waals surface area contributed by atoms with Gasteiger partial charge in [0.15, 0.2) is 0 Å². The largest absolute Gasteiger partial charge is 0.497 e. The van der Waals surface area contributed by atoms with Crippen molar-refractivity contribution in [2.45, 2.75) is 25.4 Å². The van der Waals surface area contributed by atoms with Gasteiger partial charge >= 0.3 is 6.18 Å². The molecule has 26 heavy (non-hydrogen) atoms. The number of aromatic nitrogens is 1. The van der Waals surface area contributed by atoms with E-state index in [-0.39, 0.29) is 16.8 Å². The van der Waals surface area contributed by atoms with Crippen molar-refractivity contribution in [3.63, 3.8) is 0 Å². The second-order valence-corrected chi connectivity index (χ2v) is 6.46. The van der Waals surface area contributed by atoms with E-state index >= 15 is 0 Å². The molecule has 1 aliphatic rings. The van der Waals surface area contributed by atoms with Crippen molar-refractivity contribution >= 4 is 17.3 Å². The molecule has 3 rings (SSSR count). The predicted octanol–water partition coefficient (Wildman–Crippen LogP) is 5.32. The maximum absolute atomic E-state index is 12.6. The zero-order chi connectivity index (χ0) is 18.9. The van der Waals surface area contributed by atoms with Gasteiger partial charge < -0.3 is 9.57 Å². The molecule has 0 unspecified atom stereocenters. The minimum atomic E-state index is -4.51. The highest BCUT2D eigenvalue weighted by Crippen LogP contribution is 2.48. The molecule has 1 fully saturated rings. The lowest BCUT2D eigenvalue weighted by Crippen LogP contribution is -2.06. The van der Waals surface area contributed by atoms with E-state index in [1.807, 2.05) is 31.2 Å². The molecule has 1 aromatic heterocycles. The third-order valence-electron chi connectivity index (χ3n) is 4.28. The summed E-state index contributed by atoms with van der Waals surface area (Å²) < 4.78 is 43.0. The van der Waals surface area contributed by atoms with Gasteiger partial charge in [-0.25, -0.2) is 4.98 Å². The SMILES string of the molecule is COc1ccc([C@@H]2C[C@H]2C(C)=NOc2ncc(C(F)(F)F)cc2Cl)cc1. The van der Waals surface area contributed by atoms with Crippen molar-refractivity contribution in [1.29, 1.82) is 0 Å². The molecule has 1 saturated carbocycles. The number of halogens is 4. The summed E-state index contributed by atoms with van der Waals surface area (Å²) in [5.74, 6) is 1.20. The van der Waals surface area contributed by atoms with Crippen molar-refractivity contribution in [3.05, 3.63) is 52.7 Å². The molecular weight excluding hydrogens is 369 g/mol. The van der Waals surface area contributed by atoms with Crippen LogP contribution < -0.4 is 9.57 Å². The molecule has 8 heteroatoms. The van der Waals surface area contributed by atoms with E-state index in [4.69, 9.17) is 21.2 Å². The Balaban J connectivity index is 1.64. The van der Waals surface area contributed by atoms with Crippen LogP contribution in [0.1, 0.15) is 30.4 Å². The fourth-order valence-corrected chi connectivity index (χ4v) is 2.91. The maximum Gasteiger partial charge on any atom is 0.417 e. The van der Waals surface area contributed by atoms with Crippen LogP contribution in [0.25, 0.3) is 0 Å². The molecule has 138 valence electrons. The Morgan fingerprint density at radius 3 is 2.54 bits per heavy atom. The summed E-state index contributed by atoms with van der Waals surface area (Å²) in [6.07, 6.45) is -2.91. The summed E-state index contributed by atoms with van der Waals surface area (Å²) in [6, 6.07) is 8.59. The van der Waals surface area contributed by atoms with E-state index in [0.29, 0.717) is 12.1 Å². The topological polar surface area (TPSA) is 43.7 Å². The summed E-state index contributed by atoms with van der Waals surface area (Å²) in [5.41, 5.74) is 0.983. The van der Waals surface area contributed by atoms with Crippen molar-refractivity contribution < 1.29 is 22.7 Å². The number of rotatable bonds is 5. The first-order chi connectivity index (χ1) is 12.3. The van der Waals surface area contributed by atoms with Crippen LogP contribution in [-0.4, -0.2) is 17.8 Å². The van der Waals surface area contributed by atoms with E-state index in [1.165, 1.54) is 5.56 Å². The van der Waals surface area contributed by atoms with Gasteiger partial charge in [0.1, 0.15) is 10.8 Å². The highest BCUT2D eigenvalue weighted by Gasteiger charge is 2.41. The van der Waals surface area contributed by atoms with E-state index < -0.39 is 11.7 Å².